The molecule has 148 valence electrons. The lowest BCUT2D eigenvalue weighted by atomic mass is 10.2. The number of benzene rings is 2. The van der Waals surface area contributed by atoms with E-state index in [2.05, 4.69) is 15.5 Å². The smallest absolute Gasteiger partial charge is 0.277 e. The van der Waals surface area contributed by atoms with Crippen LogP contribution in [0.4, 0.5) is 5.69 Å². The molecule has 3 aromatic rings. The first-order valence-corrected chi connectivity index (χ1v) is 9.63. The van der Waals surface area contributed by atoms with Gasteiger partial charge in [0.15, 0.2) is 11.5 Å². The largest absolute Gasteiger partial charge is 0.486 e. The summed E-state index contributed by atoms with van der Waals surface area (Å²) < 4.78 is 16.7. The molecule has 0 fully saturated rings. The molecule has 0 atom stereocenters. The molecule has 2 amide bonds. The summed E-state index contributed by atoms with van der Waals surface area (Å²) in [5.74, 6) is 0.939. The quantitative estimate of drug-likeness (QED) is 0.590. The predicted molar refractivity (Wildman–Crippen MR) is 105 cm³/mol. The van der Waals surface area contributed by atoms with Gasteiger partial charge in [0.1, 0.15) is 13.2 Å². The van der Waals surface area contributed by atoms with Crippen molar-refractivity contribution in [2.75, 3.05) is 24.3 Å². The molecule has 1 aromatic heterocycles. The molecule has 0 saturated heterocycles. The summed E-state index contributed by atoms with van der Waals surface area (Å²) in [5, 5.41) is 11.0. The number of rotatable bonds is 6. The van der Waals surface area contributed by atoms with E-state index in [0.29, 0.717) is 47.4 Å². The third kappa shape index (κ3) is 4.49. The van der Waals surface area contributed by atoms with E-state index >= 15 is 0 Å². The van der Waals surface area contributed by atoms with Crippen LogP contribution in [0.5, 0.6) is 11.5 Å². The second-order valence-corrected chi connectivity index (χ2v) is 6.94. The number of carbonyl (C=O) groups is 2. The maximum Gasteiger partial charge on any atom is 0.277 e. The first-order chi connectivity index (χ1) is 14.1. The fourth-order valence-corrected chi connectivity index (χ4v) is 3.17. The summed E-state index contributed by atoms with van der Waals surface area (Å²) in [7, 11) is 0. The van der Waals surface area contributed by atoms with E-state index in [0.717, 1.165) is 11.8 Å². The van der Waals surface area contributed by atoms with E-state index in [1.165, 1.54) is 0 Å². The van der Waals surface area contributed by atoms with E-state index in [4.69, 9.17) is 19.6 Å². The molecule has 1 aliphatic rings. The molecule has 10 heteroatoms. The summed E-state index contributed by atoms with van der Waals surface area (Å²) in [5.41, 5.74) is 6.82. The Labute approximate surface area is 169 Å². The molecule has 0 bridgehead atoms. The standard InChI is InChI=1S/C19H16N4O5S/c20-17(25)11-1-4-13(5-2-11)21-16(24)10-29-19-23-22-18(28-19)12-3-6-14-15(9-12)27-8-7-26-14/h1-6,9H,7-8,10H2,(H2,20,25)(H,21,24). The molecular weight excluding hydrogens is 396 g/mol. The van der Waals surface area contributed by atoms with Gasteiger partial charge in [0.25, 0.3) is 5.22 Å². The Bertz CT molecular complexity index is 1050. The average molecular weight is 412 g/mol. The first kappa shape index (κ1) is 18.8. The molecule has 0 saturated carbocycles. The van der Waals surface area contributed by atoms with Crippen LogP contribution in [0, 0.1) is 0 Å². The summed E-state index contributed by atoms with van der Waals surface area (Å²) in [6.45, 7) is 1.01. The SMILES string of the molecule is NC(=O)c1ccc(NC(=O)CSc2nnc(-c3ccc4c(c3)OCCO4)o2)cc1. The van der Waals surface area contributed by atoms with Gasteiger partial charge >= 0.3 is 0 Å². The Balaban J connectivity index is 1.34. The lowest BCUT2D eigenvalue weighted by Crippen LogP contribution is -2.15. The topological polar surface area (TPSA) is 130 Å². The molecule has 0 unspecified atom stereocenters. The Morgan fingerprint density at radius 3 is 2.55 bits per heavy atom. The molecule has 2 aromatic carbocycles. The lowest BCUT2D eigenvalue weighted by Gasteiger charge is -2.18. The number of nitrogens with two attached hydrogens (primary N) is 1. The van der Waals surface area contributed by atoms with E-state index in [9.17, 15) is 9.59 Å². The van der Waals surface area contributed by atoms with Gasteiger partial charge in [-0.15, -0.1) is 10.2 Å². The van der Waals surface area contributed by atoms with E-state index < -0.39 is 5.91 Å². The number of ether oxygens (including phenoxy) is 2. The second-order valence-electron chi connectivity index (χ2n) is 6.01. The Kier molecular flexibility index (Phi) is 5.34. The van der Waals surface area contributed by atoms with Crippen LogP contribution in [0.1, 0.15) is 10.4 Å². The molecular formula is C19H16N4O5S. The fourth-order valence-electron chi connectivity index (χ4n) is 2.60. The normalized spacial score (nSPS) is 12.4. The van der Waals surface area contributed by atoms with Crippen LogP contribution in [-0.2, 0) is 4.79 Å². The monoisotopic (exact) mass is 412 g/mol. The minimum atomic E-state index is -0.524. The number of nitrogens with one attached hydrogen (secondary N) is 1. The van der Waals surface area contributed by atoms with Gasteiger partial charge in [0.05, 0.1) is 5.75 Å². The highest BCUT2D eigenvalue weighted by molar-refractivity contribution is 7.99. The second kappa shape index (κ2) is 8.23. The number of aromatic nitrogens is 2. The van der Waals surface area contributed by atoms with Crippen molar-refractivity contribution >= 4 is 29.3 Å². The van der Waals surface area contributed by atoms with E-state index in [1.54, 1.807) is 42.5 Å². The van der Waals surface area contributed by atoms with Gasteiger partial charge in [-0.1, -0.05) is 11.8 Å². The summed E-state index contributed by atoms with van der Waals surface area (Å²) >= 11 is 1.12. The zero-order valence-electron chi connectivity index (χ0n) is 15.1. The van der Waals surface area contributed by atoms with Crippen molar-refractivity contribution in [1.82, 2.24) is 10.2 Å². The zero-order valence-corrected chi connectivity index (χ0v) is 15.9. The van der Waals surface area contributed by atoms with Crippen LogP contribution >= 0.6 is 11.8 Å². The van der Waals surface area contributed by atoms with Gasteiger partial charge in [-0.25, -0.2) is 0 Å². The van der Waals surface area contributed by atoms with Crippen molar-refractivity contribution < 1.29 is 23.5 Å². The highest BCUT2D eigenvalue weighted by Crippen LogP contribution is 2.34. The molecule has 1 aliphatic heterocycles. The number of primary amides is 1. The average Bonchev–Trinajstić information content (AvgIpc) is 3.21. The van der Waals surface area contributed by atoms with Gasteiger partial charge in [-0.3, -0.25) is 9.59 Å². The lowest BCUT2D eigenvalue weighted by molar-refractivity contribution is -0.113. The van der Waals surface area contributed by atoms with Crippen molar-refractivity contribution in [1.29, 1.82) is 0 Å². The van der Waals surface area contributed by atoms with Crippen LogP contribution in [0.15, 0.2) is 52.1 Å². The maximum absolute atomic E-state index is 12.1. The van der Waals surface area contributed by atoms with Crippen molar-refractivity contribution in [2.45, 2.75) is 5.22 Å². The number of fused-ring (bicyclic) bond motifs is 1. The number of hydrogen-bond acceptors (Lipinski definition) is 8. The molecule has 4 rings (SSSR count). The number of thioether (sulfide) groups is 1. The van der Waals surface area contributed by atoms with Gasteiger partial charge < -0.3 is 24.9 Å². The highest BCUT2D eigenvalue weighted by atomic mass is 32.2. The minimum Gasteiger partial charge on any atom is -0.486 e. The molecule has 0 spiro atoms. The Morgan fingerprint density at radius 1 is 1.03 bits per heavy atom. The molecule has 0 aliphatic carbocycles. The predicted octanol–water partition coefficient (Wildman–Crippen LogP) is 2.34. The van der Waals surface area contributed by atoms with Gasteiger partial charge in [-0.05, 0) is 42.5 Å². The summed E-state index contributed by atoms with van der Waals surface area (Å²) in [6.07, 6.45) is 0. The number of carbonyl (C=O) groups excluding carboxylic acids is 2. The summed E-state index contributed by atoms with van der Waals surface area (Å²) in [4.78, 5) is 23.2. The molecule has 0 radical (unpaired) electrons. The Morgan fingerprint density at radius 2 is 1.79 bits per heavy atom. The van der Waals surface area contributed by atoms with E-state index in [1.807, 2.05) is 0 Å². The maximum atomic E-state index is 12.1. The van der Waals surface area contributed by atoms with Crippen LogP contribution in [-0.4, -0.2) is 41.0 Å². The van der Waals surface area contributed by atoms with Crippen LogP contribution in [0.2, 0.25) is 0 Å². The number of nitrogens with zero attached hydrogens (tertiary/aromatic N) is 2. The van der Waals surface area contributed by atoms with Crippen molar-refractivity contribution in [3.63, 3.8) is 0 Å². The first-order valence-electron chi connectivity index (χ1n) is 8.64. The molecule has 3 N–H and O–H groups in total. The number of anilines is 1. The van der Waals surface area contributed by atoms with Crippen LogP contribution < -0.4 is 20.5 Å². The van der Waals surface area contributed by atoms with Crippen LogP contribution in [0.25, 0.3) is 11.5 Å². The van der Waals surface area contributed by atoms with E-state index in [-0.39, 0.29) is 16.9 Å². The fraction of sp³-hybridized carbons (Fsp3) is 0.158. The molecule has 9 nitrogen and oxygen atoms in total. The van der Waals surface area contributed by atoms with Gasteiger partial charge in [0.2, 0.25) is 17.7 Å². The molecule has 2 heterocycles. The van der Waals surface area contributed by atoms with Crippen LogP contribution in [0.3, 0.4) is 0 Å². The highest BCUT2D eigenvalue weighted by Gasteiger charge is 2.16. The summed E-state index contributed by atoms with van der Waals surface area (Å²) in [6, 6.07) is 11.7. The molecule has 29 heavy (non-hydrogen) atoms. The Hall–Kier alpha value is -3.53. The van der Waals surface area contributed by atoms with Crippen molar-refractivity contribution in [3.05, 3.63) is 48.0 Å². The third-order valence-electron chi connectivity index (χ3n) is 3.98. The number of hydrogen-bond donors (Lipinski definition) is 2. The minimum absolute atomic E-state index is 0.0837. The zero-order chi connectivity index (χ0) is 20.2. The van der Waals surface area contributed by atoms with Gasteiger partial charge in [-0.2, -0.15) is 0 Å². The van der Waals surface area contributed by atoms with Crippen molar-refractivity contribution in [2.24, 2.45) is 5.73 Å². The third-order valence-corrected chi connectivity index (χ3v) is 4.79. The van der Waals surface area contributed by atoms with Crippen molar-refractivity contribution in [3.8, 4) is 23.0 Å². The number of amides is 2. The van der Waals surface area contributed by atoms with Gasteiger partial charge in [0, 0.05) is 16.8 Å².